The van der Waals surface area contributed by atoms with Crippen LogP contribution in [-0.4, -0.2) is 45.9 Å². The number of aryl methyl sites for hydroxylation is 1. The van der Waals surface area contributed by atoms with Gasteiger partial charge in [-0.05, 0) is 61.3 Å². The van der Waals surface area contributed by atoms with Gasteiger partial charge >= 0.3 is 0 Å². The number of carbonyl (C=O) groups excluding carboxylic acids is 1. The van der Waals surface area contributed by atoms with Crippen LogP contribution in [0.15, 0.2) is 28.7 Å². The summed E-state index contributed by atoms with van der Waals surface area (Å²) in [7, 11) is 0. The van der Waals surface area contributed by atoms with Gasteiger partial charge in [-0.3, -0.25) is 9.48 Å². The van der Waals surface area contributed by atoms with Crippen LogP contribution in [0.25, 0.3) is 0 Å². The average molecular weight is 406 g/mol. The molecule has 134 valence electrons. The van der Waals surface area contributed by atoms with E-state index >= 15 is 0 Å². The van der Waals surface area contributed by atoms with E-state index in [1.54, 1.807) is 0 Å². The molecule has 2 unspecified atom stereocenters. The third kappa shape index (κ3) is 3.96. The summed E-state index contributed by atoms with van der Waals surface area (Å²) >= 11 is 3.55. The second-order valence-corrected chi connectivity index (χ2v) is 7.60. The third-order valence-electron chi connectivity index (χ3n) is 4.53. The second kappa shape index (κ2) is 7.30. The Bertz CT molecular complexity index is 760. The zero-order chi connectivity index (χ0) is 18.1. The summed E-state index contributed by atoms with van der Waals surface area (Å²) in [6.07, 6.45) is 0.160. The SMILES string of the molecule is Cc1nn(Cc2ccc(C(=O)N3CC(C)OC(C)C3)cc2)c(C)c1Br. The van der Waals surface area contributed by atoms with E-state index in [2.05, 4.69) is 21.0 Å². The lowest BCUT2D eigenvalue weighted by Gasteiger charge is -2.35. The van der Waals surface area contributed by atoms with Gasteiger partial charge in [-0.2, -0.15) is 5.10 Å². The van der Waals surface area contributed by atoms with Gasteiger partial charge in [-0.25, -0.2) is 0 Å². The molecular formula is C19H24BrN3O2. The van der Waals surface area contributed by atoms with Crippen LogP contribution in [0.2, 0.25) is 0 Å². The minimum Gasteiger partial charge on any atom is -0.372 e. The van der Waals surface area contributed by atoms with Gasteiger partial charge in [0.15, 0.2) is 0 Å². The molecule has 1 fully saturated rings. The third-order valence-corrected chi connectivity index (χ3v) is 5.68. The van der Waals surface area contributed by atoms with Gasteiger partial charge in [0.05, 0.1) is 34.6 Å². The Hall–Kier alpha value is -1.66. The lowest BCUT2D eigenvalue weighted by molar-refractivity contribution is -0.0586. The molecule has 0 saturated carbocycles. The van der Waals surface area contributed by atoms with Gasteiger partial charge in [-0.1, -0.05) is 12.1 Å². The summed E-state index contributed by atoms with van der Waals surface area (Å²) in [6.45, 7) is 10.0. The number of aromatic nitrogens is 2. The number of rotatable bonds is 3. The first-order valence-electron chi connectivity index (χ1n) is 8.58. The number of hydrogen-bond donors (Lipinski definition) is 0. The van der Waals surface area contributed by atoms with Crippen LogP contribution in [0.4, 0.5) is 0 Å². The summed E-state index contributed by atoms with van der Waals surface area (Å²) in [4.78, 5) is 14.6. The number of hydrogen-bond acceptors (Lipinski definition) is 3. The number of benzene rings is 1. The first-order chi connectivity index (χ1) is 11.8. The Kier molecular flexibility index (Phi) is 5.29. The molecular weight excluding hydrogens is 382 g/mol. The molecule has 0 spiro atoms. The summed E-state index contributed by atoms with van der Waals surface area (Å²) in [5, 5.41) is 4.53. The molecule has 0 aliphatic carbocycles. The van der Waals surface area contributed by atoms with Gasteiger partial charge in [0.25, 0.3) is 5.91 Å². The maximum absolute atomic E-state index is 12.7. The lowest BCUT2D eigenvalue weighted by atomic mass is 10.1. The van der Waals surface area contributed by atoms with Gasteiger partial charge in [0, 0.05) is 18.7 Å². The first-order valence-corrected chi connectivity index (χ1v) is 9.37. The van der Waals surface area contributed by atoms with E-state index in [-0.39, 0.29) is 18.1 Å². The van der Waals surface area contributed by atoms with Crippen LogP contribution < -0.4 is 0 Å². The standard InChI is InChI=1S/C19H24BrN3O2/c1-12-9-22(10-13(2)25-12)19(24)17-7-5-16(6-8-17)11-23-15(4)18(20)14(3)21-23/h5-8,12-13H,9-11H2,1-4H3. The molecule has 0 radical (unpaired) electrons. The first kappa shape index (κ1) is 18.1. The number of amides is 1. The Labute approximate surface area is 157 Å². The van der Waals surface area contributed by atoms with E-state index in [1.165, 1.54) is 0 Å². The lowest BCUT2D eigenvalue weighted by Crippen LogP contribution is -2.48. The molecule has 1 amide bonds. The van der Waals surface area contributed by atoms with Crippen LogP contribution in [0.5, 0.6) is 0 Å². The molecule has 1 aromatic heterocycles. The Morgan fingerprint density at radius 3 is 2.32 bits per heavy atom. The molecule has 1 aliphatic rings. The number of halogens is 1. The van der Waals surface area contributed by atoms with Crippen molar-refractivity contribution in [3.63, 3.8) is 0 Å². The summed E-state index contributed by atoms with van der Waals surface area (Å²) in [6, 6.07) is 7.82. The molecule has 5 nitrogen and oxygen atoms in total. The quantitative estimate of drug-likeness (QED) is 0.783. The molecule has 2 heterocycles. The summed E-state index contributed by atoms with van der Waals surface area (Å²) in [5.74, 6) is 0.0717. The van der Waals surface area contributed by atoms with Crippen molar-refractivity contribution in [2.75, 3.05) is 13.1 Å². The minimum atomic E-state index is 0.0717. The van der Waals surface area contributed by atoms with E-state index in [9.17, 15) is 4.79 Å². The zero-order valence-electron chi connectivity index (χ0n) is 15.1. The van der Waals surface area contributed by atoms with Crippen molar-refractivity contribution < 1.29 is 9.53 Å². The molecule has 1 aliphatic heterocycles. The van der Waals surface area contributed by atoms with Crippen molar-refractivity contribution in [2.24, 2.45) is 0 Å². The second-order valence-electron chi connectivity index (χ2n) is 6.81. The van der Waals surface area contributed by atoms with Crippen LogP contribution in [0.3, 0.4) is 0 Å². The van der Waals surface area contributed by atoms with Crippen LogP contribution >= 0.6 is 15.9 Å². The van der Waals surface area contributed by atoms with Crippen molar-refractivity contribution >= 4 is 21.8 Å². The van der Waals surface area contributed by atoms with E-state index < -0.39 is 0 Å². The molecule has 25 heavy (non-hydrogen) atoms. The normalized spacial score (nSPS) is 20.8. The van der Waals surface area contributed by atoms with Crippen LogP contribution in [-0.2, 0) is 11.3 Å². The fourth-order valence-electron chi connectivity index (χ4n) is 3.28. The molecule has 2 atom stereocenters. The fourth-order valence-corrected chi connectivity index (χ4v) is 3.56. The van der Waals surface area contributed by atoms with Gasteiger partial charge in [0.2, 0.25) is 0 Å². The summed E-state index contributed by atoms with van der Waals surface area (Å²) in [5.41, 5.74) is 3.94. The zero-order valence-corrected chi connectivity index (χ0v) is 16.7. The predicted octanol–water partition coefficient (Wildman–Crippen LogP) is 3.56. The number of ether oxygens (including phenoxy) is 1. The number of nitrogens with zero attached hydrogens (tertiary/aromatic N) is 3. The number of morpholine rings is 1. The highest BCUT2D eigenvalue weighted by atomic mass is 79.9. The van der Waals surface area contributed by atoms with Crippen molar-refractivity contribution in [3.8, 4) is 0 Å². The molecule has 2 aromatic rings. The maximum Gasteiger partial charge on any atom is 0.254 e. The van der Waals surface area contributed by atoms with Crippen molar-refractivity contribution in [1.29, 1.82) is 0 Å². The van der Waals surface area contributed by atoms with E-state index in [1.807, 2.05) is 61.5 Å². The van der Waals surface area contributed by atoms with Gasteiger partial charge in [0.1, 0.15) is 0 Å². The summed E-state index contributed by atoms with van der Waals surface area (Å²) < 4.78 is 8.73. The van der Waals surface area contributed by atoms with E-state index in [0.29, 0.717) is 19.6 Å². The van der Waals surface area contributed by atoms with Crippen molar-refractivity contribution in [3.05, 3.63) is 51.3 Å². The fraction of sp³-hybridized carbons (Fsp3) is 0.474. The Balaban J connectivity index is 1.71. The van der Waals surface area contributed by atoms with E-state index in [4.69, 9.17) is 4.74 Å². The highest BCUT2D eigenvalue weighted by Gasteiger charge is 2.26. The minimum absolute atomic E-state index is 0.0717. The molecule has 6 heteroatoms. The molecule has 1 saturated heterocycles. The average Bonchev–Trinajstić information content (AvgIpc) is 2.81. The van der Waals surface area contributed by atoms with Gasteiger partial charge in [-0.15, -0.1) is 0 Å². The smallest absolute Gasteiger partial charge is 0.254 e. The molecule has 3 rings (SSSR count). The maximum atomic E-state index is 12.7. The van der Waals surface area contributed by atoms with Crippen molar-refractivity contribution in [1.82, 2.24) is 14.7 Å². The predicted molar refractivity (Wildman–Crippen MR) is 101 cm³/mol. The van der Waals surface area contributed by atoms with E-state index in [0.717, 1.165) is 27.0 Å². The molecule has 0 N–H and O–H groups in total. The highest BCUT2D eigenvalue weighted by molar-refractivity contribution is 9.10. The molecule has 1 aromatic carbocycles. The van der Waals surface area contributed by atoms with Gasteiger partial charge < -0.3 is 9.64 Å². The molecule has 0 bridgehead atoms. The van der Waals surface area contributed by atoms with Crippen LogP contribution in [0, 0.1) is 13.8 Å². The topological polar surface area (TPSA) is 47.4 Å². The highest BCUT2D eigenvalue weighted by Crippen LogP contribution is 2.21. The number of carbonyl (C=O) groups is 1. The van der Waals surface area contributed by atoms with Crippen LogP contribution in [0.1, 0.15) is 41.2 Å². The Morgan fingerprint density at radius 2 is 1.80 bits per heavy atom. The largest absolute Gasteiger partial charge is 0.372 e. The monoisotopic (exact) mass is 405 g/mol. The Morgan fingerprint density at radius 1 is 1.20 bits per heavy atom. The van der Waals surface area contributed by atoms with Crippen molar-refractivity contribution in [2.45, 2.75) is 46.4 Å².